The third-order valence-electron chi connectivity index (χ3n) is 2.37. The van der Waals surface area contributed by atoms with Crippen LogP contribution in [0.3, 0.4) is 0 Å². The molecule has 0 aromatic carbocycles. The first-order valence-corrected chi connectivity index (χ1v) is 5.81. The summed E-state index contributed by atoms with van der Waals surface area (Å²) in [7, 11) is 0. The van der Waals surface area contributed by atoms with E-state index in [0.29, 0.717) is 6.04 Å². The molecule has 0 aromatic rings. The Labute approximate surface area is 88.9 Å². The highest BCUT2D eigenvalue weighted by Gasteiger charge is 2.01. The van der Waals surface area contributed by atoms with Crippen LogP contribution in [0.2, 0.25) is 0 Å². The summed E-state index contributed by atoms with van der Waals surface area (Å²) in [5.41, 5.74) is 4.18. The lowest BCUT2D eigenvalue weighted by Gasteiger charge is -2.11. The van der Waals surface area contributed by atoms with Crippen molar-refractivity contribution in [2.45, 2.75) is 65.3 Å². The third kappa shape index (κ3) is 8.27. The maximum absolute atomic E-state index is 5.47. The molecule has 1 unspecified atom stereocenters. The van der Waals surface area contributed by atoms with Gasteiger partial charge in [-0.05, 0) is 20.3 Å². The Kier molecular flexibility index (Phi) is 9.00. The van der Waals surface area contributed by atoms with Crippen LogP contribution in [-0.4, -0.2) is 6.04 Å². The van der Waals surface area contributed by atoms with Gasteiger partial charge in [0.25, 0.3) is 0 Å². The first-order chi connectivity index (χ1) is 6.70. The van der Waals surface area contributed by atoms with Crippen LogP contribution in [0.25, 0.3) is 0 Å². The summed E-state index contributed by atoms with van der Waals surface area (Å²) in [4.78, 5) is 0. The number of unbranched alkanes of at least 4 members (excludes halogenated alkanes) is 4. The van der Waals surface area contributed by atoms with Crippen molar-refractivity contribution in [1.82, 2.24) is 5.43 Å². The second-order valence-corrected chi connectivity index (χ2v) is 4.22. The summed E-state index contributed by atoms with van der Waals surface area (Å²) >= 11 is 0. The number of hydrogen-bond acceptors (Lipinski definition) is 2. The molecule has 2 nitrogen and oxygen atoms in total. The number of allylic oxidation sites excluding steroid dienone is 1. The van der Waals surface area contributed by atoms with Crippen molar-refractivity contribution in [2.75, 3.05) is 0 Å². The van der Waals surface area contributed by atoms with Crippen molar-refractivity contribution in [1.29, 1.82) is 0 Å². The van der Waals surface area contributed by atoms with Gasteiger partial charge in [0, 0.05) is 6.04 Å². The molecule has 0 spiro atoms. The second kappa shape index (κ2) is 9.22. The molecule has 0 rings (SSSR count). The molecule has 0 aromatic heterocycles. The van der Waals surface area contributed by atoms with Gasteiger partial charge < -0.3 is 0 Å². The van der Waals surface area contributed by atoms with Gasteiger partial charge in [-0.15, -0.1) is 0 Å². The molecule has 84 valence electrons. The van der Waals surface area contributed by atoms with E-state index in [9.17, 15) is 0 Å². The zero-order chi connectivity index (χ0) is 10.8. The Bertz CT molecular complexity index is 148. The standard InChI is InChI=1S/C12H26N2/c1-4-5-6-7-8-9-12(14-13)10-11(2)3/h10,12,14H,4-9,13H2,1-3H3. The summed E-state index contributed by atoms with van der Waals surface area (Å²) in [5, 5.41) is 0. The Morgan fingerprint density at radius 1 is 1.21 bits per heavy atom. The van der Waals surface area contributed by atoms with Crippen molar-refractivity contribution >= 4 is 0 Å². The average Bonchev–Trinajstić information content (AvgIpc) is 2.15. The average molecular weight is 198 g/mol. The van der Waals surface area contributed by atoms with E-state index >= 15 is 0 Å². The molecule has 2 heteroatoms. The molecule has 1 atom stereocenters. The topological polar surface area (TPSA) is 38.0 Å². The Hall–Kier alpha value is -0.340. The van der Waals surface area contributed by atoms with Gasteiger partial charge in [0.2, 0.25) is 0 Å². The summed E-state index contributed by atoms with van der Waals surface area (Å²) in [5.74, 6) is 5.47. The van der Waals surface area contributed by atoms with Crippen molar-refractivity contribution < 1.29 is 0 Å². The fourth-order valence-corrected chi connectivity index (χ4v) is 1.58. The lowest BCUT2D eigenvalue weighted by molar-refractivity contribution is 0.522. The summed E-state index contributed by atoms with van der Waals surface area (Å²) in [6, 6.07) is 0.363. The molecular formula is C12H26N2. The Morgan fingerprint density at radius 2 is 1.86 bits per heavy atom. The predicted molar refractivity (Wildman–Crippen MR) is 63.9 cm³/mol. The van der Waals surface area contributed by atoms with Crippen LogP contribution in [0.15, 0.2) is 11.6 Å². The van der Waals surface area contributed by atoms with E-state index in [1.54, 1.807) is 0 Å². The van der Waals surface area contributed by atoms with Crippen LogP contribution in [0.1, 0.15) is 59.3 Å². The zero-order valence-electron chi connectivity index (χ0n) is 9.97. The van der Waals surface area contributed by atoms with Crippen molar-refractivity contribution in [2.24, 2.45) is 5.84 Å². The first-order valence-electron chi connectivity index (χ1n) is 5.81. The fraction of sp³-hybridized carbons (Fsp3) is 0.833. The summed E-state index contributed by atoms with van der Waals surface area (Å²) in [6.45, 7) is 6.47. The zero-order valence-corrected chi connectivity index (χ0v) is 9.97. The molecule has 0 saturated heterocycles. The number of hydrazine groups is 1. The van der Waals surface area contributed by atoms with E-state index < -0.39 is 0 Å². The first kappa shape index (κ1) is 13.7. The third-order valence-corrected chi connectivity index (χ3v) is 2.37. The van der Waals surface area contributed by atoms with Gasteiger partial charge in [-0.2, -0.15) is 0 Å². The van der Waals surface area contributed by atoms with Crippen LogP contribution < -0.4 is 11.3 Å². The van der Waals surface area contributed by atoms with E-state index in [1.165, 1.54) is 37.7 Å². The molecule has 0 aliphatic carbocycles. The van der Waals surface area contributed by atoms with Crippen molar-refractivity contribution in [3.05, 3.63) is 11.6 Å². The predicted octanol–water partition coefficient (Wildman–Crippen LogP) is 3.15. The summed E-state index contributed by atoms with van der Waals surface area (Å²) in [6.07, 6.45) is 10.0. The minimum absolute atomic E-state index is 0.363. The molecule has 14 heavy (non-hydrogen) atoms. The molecule has 0 radical (unpaired) electrons. The normalized spacial score (nSPS) is 12.6. The van der Waals surface area contributed by atoms with Gasteiger partial charge in [0.05, 0.1) is 0 Å². The van der Waals surface area contributed by atoms with E-state index in [4.69, 9.17) is 5.84 Å². The van der Waals surface area contributed by atoms with Crippen LogP contribution in [0, 0.1) is 0 Å². The van der Waals surface area contributed by atoms with Gasteiger partial charge in [-0.1, -0.05) is 50.7 Å². The van der Waals surface area contributed by atoms with Gasteiger partial charge >= 0.3 is 0 Å². The lowest BCUT2D eigenvalue weighted by atomic mass is 10.1. The SMILES string of the molecule is CCCCCCCC(C=C(C)C)NN. The molecular weight excluding hydrogens is 172 g/mol. The van der Waals surface area contributed by atoms with Gasteiger partial charge in [0.15, 0.2) is 0 Å². The van der Waals surface area contributed by atoms with Crippen LogP contribution in [0.5, 0.6) is 0 Å². The molecule has 0 bridgehead atoms. The van der Waals surface area contributed by atoms with Crippen LogP contribution in [0.4, 0.5) is 0 Å². The fourth-order valence-electron chi connectivity index (χ4n) is 1.58. The maximum atomic E-state index is 5.47. The molecule has 0 aliphatic rings. The molecule has 0 fully saturated rings. The Balaban J connectivity index is 3.48. The highest BCUT2D eigenvalue weighted by molar-refractivity contribution is 5.00. The number of hydrogen-bond donors (Lipinski definition) is 2. The van der Waals surface area contributed by atoms with E-state index in [1.807, 2.05) is 0 Å². The van der Waals surface area contributed by atoms with E-state index in [-0.39, 0.29) is 0 Å². The molecule has 0 heterocycles. The van der Waals surface area contributed by atoms with Crippen molar-refractivity contribution in [3.63, 3.8) is 0 Å². The highest BCUT2D eigenvalue weighted by Crippen LogP contribution is 2.08. The van der Waals surface area contributed by atoms with E-state index in [0.717, 1.165) is 6.42 Å². The number of rotatable bonds is 8. The second-order valence-electron chi connectivity index (χ2n) is 4.22. The number of nitrogens with two attached hydrogens (primary N) is 1. The molecule has 0 amide bonds. The quantitative estimate of drug-likeness (QED) is 0.272. The van der Waals surface area contributed by atoms with Gasteiger partial charge in [0.1, 0.15) is 0 Å². The van der Waals surface area contributed by atoms with Crippen molar-refractivity contribution in [3.8, 4) is 0 Å². The summed E-state index contributed by atoms with van der Waals surface area (Å²) < 4.78 is 0. The molecule has 3 N–H and O–H groups in total. The van der Waals surface area contributed by atoms with Gasteiger partial charge in [-0.25, -0.2) is 0 Å². The largest absolute Gasteiger partial charge is 0.271 e. The minimum Gasteiger partial charge on any atom is -0.271 e. The smallest absolute Gasteiger partial charge is 0.0392 e. The van der Waals surface area contributed by atoms with Gasteiger partial charge in [-0.3, -0.25) is 11.3 Å². The minimum atomic E-state index is 0.363. The lowest BCUT2D eigenvalue weighted by Crippen LogP contribution is -2.33. The van der Waals surface area contributed by atoms with Crippen LogP contribution in [-0.2, 0) is 0 Å². The van der Waals surface area contributed by atoms with Crippen LogP contribution >= 0.6 is 0 Å². The molecule has 0 aliphatic heterocycles. The van der Waals surface area contributed by atoms with E-state index in [2.05, 4.69) is 32.3 Å². The Morgan fingerprint density at radius 3 is 2.36 bits per heavy atom. The highest BCUT2D eigenvalue weighted by atomic mass is 15.2. The monoisotopic (exact) mass is 198 g/mol. The maximum Gasteiger partial charge on any atom is 0.0392 e. The molecule has 0 saturated carbocycles. The number of nitrogens with one attached hydrogen (secondary N) is 1.